The number of aliphatic hydroxyl groups is 1. The fourth-order valence-electron chi connectivity index (χ4n) is 8.27. The monoisotopic (exact) mass is 501 g/mol. The van der Waals surface area contributed by atoms with Crippen LogP contribution in [0.2, 0.25) is 0 Å². The first-order valence-electron chi connectivity index (χ1n) is 13.6. The number of nitrogens with zero attached hydrogens (tertiary/aromatic N) is 1. The predicted octanol–water partition coefficient (Wildman–Crippen LogP) is 4.49. The van der Waals surface area contributed by atoms with Gasteiger partial charge in [0.1, 0.15) is 17.8 Å². The molecule has 36 heavy (non-hydrogen) atoms. The van der Waals surface area contributed by atoms with Crippen LogP contribution >= 0.6 is 0 Å². The zero-order valence-electron chi connectivity index (χ0n) is 23.1. The van der Waals surface area contributed by atoms with Crippen LogP contribution < -0.4 is 0 Å². The van der Waals surface area contributed by atoms with Crippen LogP contribution in [0.15, 0.2) is 23.3 Å². The number of carbonyl (C=O) groups is 2. The Morgan fingerprint density at radius 1 is 1.25 bits per heavy atom. The van der Waals surface area contributed by atoms with E-state index in [-0.39, 0.29) is 35.4 Å². The van der Waals surface area contributed by atoms with E-state index in [0.29, 0.717) is 19.1 Å². The van der Waals surface area contributed by atoms with Crippen molar-refractivity contribution in [2.45, 2.75) is 91.3 Å². The molecule has 2 saturated carbocycles. The molecule has 8 atom stereocenters. The Kier molecular flexibility index (Phi) is 5.87. The smallest absolute Gasteiger partial charge is 0.410 e. The molecule has 1 amide bonds. The summed E-state index contributed by atoms with van der Waals surface area (Å²) in [6, 6.07) is 0. The van der Waals surface area contributed by atoms with Crippen LogP contribution in [0.1, 0.15) is 67.7 Å². The minimum Gasteiger partial charge on any atom is -0.441 e. The Labute approximate surface area is 215 Å². The lowest BCUT2D eigenvalue weighted by molar-refractivity contribution is -0.299. The van der Waals surface area contributed by atoms with E-state index >= 15 is 0 Å². The van der Waals surface area contributed by atoms with Gasteiger partial charge in [-0.3, -0.25) is 4.79 Å². The molecule has 1 aliphatic heterocycles. The summed E-state index contributed by atoms with van der Waals surface area (Å²) in [4.78, 5) is 29.0. The molecule has 1 spiro atoms. The molecule has 0 aromatic heterocycles. The maximum absolute atomic E-state index is 14.8. The first-order valence-corrected chi connectivity index (χ1v) is 13.6. The zero-order chi connectivity index (χ0) is 26.4. The second kappa shape index (κ2) is 8.15. The number of hydrogen-bond acceptors (Lipinski definition) is 6. The molecule has 4 aliphatic carbocycles. The number of amides is 1. The number of rotatable bonds is 2. The van der Waals surface area contributed by atoms with Gasteiger partial charge in [0.05, 0.1) is 12.0 Å². The first kappa shape index (κ1) is 25.9. The van der Waals surface area contributed by atoms with Crippen LogP contribution in [-0.4, -0.2) is 65.7 Å². The Balaban J connectivity index is 1.69. The maximum Gasteiger partial charge on any atom is 0.410 e. The van der Waals surface area contributed by atoms with Crippen molar-refractivity contribution in [3.05, 3.63) is 23.3 Å². The minimum absolute atomic E-state index is 0.0527. The van der Waals surface area contributed by atoms with Gasteiger partial charge < -0.3 is 24.2 Å². The molecule has 0 aromatic rings. The van der Waals surface area contributed by atoms with Gasteiger partial charge in [-0.2, -0.15) is 0 Å². The van der Waals surface area contributed by atoms with E-state index in [0.717, 1.165) is 24.0 Å². The van der Waals surface area contributed by atoms with Crippen LogP contribution in [0.5, 0.6) is 0 Å². The van der Waals surface area contributed by atoms with Crippen LogP contribution in [0.3, 0.4) is 0 Å². The van der Waals surface area contributed by atoms with E-state index < -0.39 is 35.1 Å². The number of fused-ring (bicyclic) bond motifs is 5. The molecule has 5 rings (SSSR count). The third kappa shape index (κ3) is 3.48. The molecular formula is C29H43NO6. The summed E-state index contributed by atoms with van der Waals surface area (Å²) in [6.07, 6.45) is 4.29. The number of allylic oxidation sites excluding steroid dienone is 1. The fraction of sp³-hybridized carbons (Fsp3) is 0.793. The molecule has 1 heterocycles. The second-order valence-electron chi connectivity index (χ2n) is 13.2. The molecule has 7 nitrogen and oxygen atoms in total. The van der Waals surface area contributed by atoms with Gasteiger partial charge >= 0.3 is 6.09 Å². The summed E-state index contributed by atoms with van der Waals surface area (Å²) in [5.41, 5.74) is -1.01. The number of hydrogen-bond donors (Lipinski definition) is 1. The highest BCUT2D eigenvalue weighted by atomic mass is 16.7. The zero-order valence-corrected chi connectivity index (χ0v) is 23.1. The maximum atomic E-state index is 14.8. The third-order valence-electron chi connectivity index (χ3n) is 10.1. The molecule has 7 unspecified atom stereocenters. The molecular weight excluding hydrogens is 458 g/mol. The highest BCUT2D eigenvalue weighted by Gasteiger charge is 2.71. The van der Waals surface area contributed by atoms with Crippen molar-refractivity contribution in [1.29, 1.82) is 0 Å². The van der Waals surface area contributed by atoms with Gasteiger partial charge in [0.15, 0.2) is 11.6 Å². The molecule has 200 valence electrons. The quantitative estimate of drug-likeness (QED) is 0.561. The molecule has 1 saturated heterocycles. The second-order valence-corrected chi connectivity index (χ2v) is 13.2. The minimum atomic E-state index is -1.58. The lowest BCUT2D eigenvalue weighted by atomic mass is 9.50. The topological polar surface area (TPSA) is 85.3 Å². The number of ketones is 1. The van der Waals surface area contributed by atoms with Gasteiger partial charge in [-0.15, -0.1) is 0 Å². The van der Waals surface area contributed by atoms with Crippen LogP contribution in [0.4, 0.5) is 4.79 Å². The van der Waals surface area contributed by atoms with Crippen molar-refractivity contribution in [2.75, 3.05) is 20.2 Å². The average Bonchev–Trinajstić information content (AvgIpc) is 2.90. The fourth-order valence-corrected chi connectivity index (χ4v) is 8.27. The average molecular weight is 502 g/mol. The standard InChI is InChI=1S/C29H43NO6/c1-9-30(8)25(32)35-21-14-29(33)24-19(15-34-27(6,7)36-24)11-20-22-18(13-26(22,4)5)10-17(3)28(29,23(20)31)12-16(21)2/h11-12,17-18,20-22,24,33H,9-10,13-15H2,1-8H3/t17-,18?,20?,21?,22?,24?,28?,29?/m1/s1. The number of ether oxygens (including phenoxy) is 3. The summed E-state index contributed by atoms with van der Waals surface area (Å²) < 4.78 is 18.4. The summed E-state index contributed by atoms with van der Waals surface area (Å²) in [5.74, 6) is -0.572. The lowest BCUT2D eigenvalue weighted by Crippen LogP contribution is -2.67. The van der Waals surface area contributed by atoms with Crippen molar-refractivity contribution in [3.63, 3.8) is 0 Å². The van der Waals surface area contributed by atoms with E-state index in [9.17, 15) is 14.7 Å². The molecule has 1 N–H and O–H groups in total. The largest absolute Gasteiger partial charge is 0.441 e. The summed E-state index contributed by atoms with van der Waals surface area (Å²) in [7, 11) is 1.69. The van der Waals surface area contributed by atoms with E-state index in [1.807, 2.05) is 33.8 Å². The lowest BCUT2D eigenvalue weighted by Gasteiger charge is -2.56. The Bertz CT molecular complexity index is 1030. The SMILES string of the molecule is CCN(C)C(=O)OC1CC2(O)C3OC(C)(C)OCC3=CC3C(=O)C2(C=C1C)[C@H](C)CC1CC(C)(C)C13. The van der Waals surface area contributed by atoms with Crippen molar-refractivity contribution in [2.24, 2.45) is 34.5 Å². The third-order valence-corrected chi connectivity index (χ3v) is 10.1. The molecule has 5 aliphatic rings. The Morgan fingerprint density at radius 2 is 1.94 bits per heavy atom. The molecule has 0 radical (unpaired) electrons. The van der Waals surface area contributed by atoms with Crippen molar-refractivity contribution >= 4 is 11.9 Å². The van der Waals surface area contributed by atoms with Crippen molar-refractivity contribution in [1.82, 2.24) is 4.90 Å². The highest BCUT2D eigenvalue weighted by molar-refractivity contribution is 5.94. The summed E-state index contributed by atoms with van der Waals surface area (Å²) in [5, 5.41) is 12.9. The summed E-state index contributed by atoms with van der Waals surface area (Å²) >= 11 is 0. The molecule has 7 heteroatoms. The van der Waals surface area contributed by atoms with Gasteiger partial charge in [-0.1, -0.05) is 32.9 Å². The Hall–Kier alpha value is -1.70. The van der Waals surface area contributed by atoms with E-state index in [1.54, 1.807) is 7.05 Å². The summed E-state index contributed by atoms with van der Waals surface area (Å²) in [6.45, 7) is 14.9. The van der Waals surface area contributed by atoms with E-state index in [4.69, 9.17) is 14.2 Å². The first-order chi connectivity index (χ1) is 16.7. The van der Waals surface area contributed by atoms with E-state index in [2.05, 4.69) is 26.8 Å². The molecule has 2 bridgehead atoms. The van der Waals surface area contributed by atoms with Crippen LogP contribution in [0, 0.1) is 34.5 Å². The normalized spacial score (nSPS) is 44.3. The number of Topliss-reactive ketones (excluding diaryl/α,β-unsaturated/α-hetero) is 1. The van der Waals surface area contributed by atoms with Gasteiger partial charge in [0.25, 0.3) is 0 Å². The van der Waals surface area contributed by atoms with Crippen LogP contribution in [-0.2, 0) is 19.0 Å². The predicted molar refractivity (Wildman–Crippen MR) is 135 cm³/mol. The van der Waals surface area contributed by atoms with Crippen LogP contribution in [0.25, 0.3) is 0 Å². The number of carbonyl (C=O) groups excluding carboxylic acids is 2. The van der Waals surface area contributed by atoms with Crippen molar-refractivity contribution in [3.8, 4) is 0 Å². The van der Waals surface area contributed by atoms with Gasteiger partial charge in [-0.05, 0) is 74.9 Å². The van der Waals surface area contributed by atoms with E-state index in [1.165, 1.54) is 4.90 Å². The van der Waals surface area contributed by atoms with Gasteiger partial charge in [0.2, 0.25) is 0 Å². The van der Waals surface area contributed by atoms with Gasteiger partial charge in [-0.25, -0.2) is 4.79 Å². The van der Waals surface area contributed by atoms with Gasteiger partial charge in [0, 0.05) is 25.9 Å². The molecule has 0 aromatic carbocycles. The highest BCUT2D eigenvalue weighted by Crippen LogP contribution is 2.66. The Morgan fingerprint density at radius 3 is 2.58 bits per heavy atom. The van der Waals surface area contributed by atoms with Crippen molar-refractivity contribution < 1.29 is 28.9 Å². The molecule has 3 fully saturated rings.